The second-order valence-electron chi connectivity index (χ2n) is 8.47. The van der Waals surface area contributed by atoms with Crippen molar-refractivity contribution in [2.75, 3.05) is 33.9 Å². The number of piperidine rings is 1. The molecule has 1 aromatic carbocycles. The van der Waals surface area contributed by atoms with E-state index in [1.165, 1.54) is 12.7 Å². The highest BCUT2D eigenvalue weighted by atomic mass is 32.2. The van der Waals surface area contributed by atoms with Crippen molar-refractivity contribution in [2.45, 2.75) is 56.2 Å². The zero-order valence-electron chi connectivity index (χ0n) is 18.0. The number of hydrogen-bond donors (Lipinski definition) is 2. The topological polar surface area (TPSA) is 88.3 Å². The minimum absolute atomic E-state index is 0.179. The summed E-state index contributed by atoms with van der Waals surface area (Å²) in [5, 5.41) is 0. The molecular formula is C22H35N3O4S. The number of amides is 1. The molecule has 7 nitrogen and oxygen atoms in total. The van der Waals surface area contributed by atoms with Crippen LogP contribution in [0.1, 0.15) is 43.6 Å². The van der Waals surface area contributed by atoms with Crippen molar-refractivity contribution >= 4 is 18.3 Å². The number of methoxy groups -OCH3 is 1. The Bertz CT molecular complexity index is 657. The Kier molecular flexibility index (Phi) is 8.83. The highest BCUT2D eigenvalue weighted by Crippen LogP contribution is 2.34. The van der Waals surface area contributed by atoms with E-state index in [2.05, 4.69) is 30.3 Å². The summed E-state index contributed by atoms with van der Waals surface area (Å²) in [6.07, 6.45) is 4.91. The van der Waals surface area contributed by atoms with E-state index in [1.807, 2.05) is 7.05 Å². The van der Waals surface area contributed by atoms with E-state index in [0.29, 0.717) is 37.8 Å². The van der Waals surface area contributed by atoms with Crippen LogP contribution in [-0.2, 0) is 9.47 Å². The van der Waals surface area contributed by atoms with Gasteiger partial charge in [0.1, 0.15) is 0 Å². The van der Waals surface area contributed by atoms with E-state index in [9.17, 15) is 9.35 Å². The molecule has 1 unspecified atom stereocenters. The first-order valence-corrected chi connectivity index (χ1v) is 11.6. The van der Waals surface area contributed by atoms with Crippen LogP contribution in [-0.4, -0.2) is 71.9 Å². The standard InChI is InChI=1S/C22H35N3O4S/c1-24(30-27)14-18-12-13-25(22(26)28-2)20(21(18)23)15-29-19-10-8-17(9-11-19)16-6-4-3-5-7-16/h3-7,17-21,27H,8-15,23H2,1-2H3/t17-,18?,19+,20-,21-/m0/s1. The number of carbonyl (C=O) groups excluding carboxylic acids is 1. The number of likely N-dealkylation sites (tertiary alicyclic amines) is 1. The van der Waals surface area contributed by atoms with Crippen LogP contribution >= 0.6 is 12.2 Å². The quantitative estimate of drug-likeness (QED) is 0.498. The third-order valence-corrected chi connectivity index (χ3v) is 7.05. The highest BCUT2D eigenvalue weighted by molar-refractivity contribution is 7.91. The lowest BCUT2D eigenvalue weighted by molar-refractivity contribution is -0.0321. The van der Waals surface area contributed by atoms with Crippen molar-refractivity contribution in [1.29, 1.82) is 0 Å². The van der Waals surface area contributed by atoms with Gasteiger partial charge in [0, 0.05) is 19.1 Å². The minimum atomic E-state index is -0.352. The lowest BCUT2D eigenvalue weighted by Gasteiger charge is -2.44. The summed E-state index contributed by atoms with van der Waals surface area (Å²) in [5.41, 5.74) is 7.99. The maximum absolute atomic E-state index is 12.3. The first-order chi connectivity index (χ1) is 14.5. The van der Waals surface area contributed by atoms with Gasteiger partial charge in [0.2, 0.25) is 0 Å². The van der Waals surface area contributed by atoms with Crippen LogP contribution in [0, 0.1) is 5.92 Å². The molecule has 0 aromatic heterocycles. The molecule has 1 heterocycles. The molecule has 8 heteroatoms. The number of nitrogens with two attached hydrogens (primary N) is 1. The fourth-order valence-electron chi connectivity index (χ4n) is 4.83. The molecule has 168 valence electrons. The van der Waals surface area contributed by atoms with Gasteiger partial charge in [-0.05, 0) is 56.6 Å². The number of ether oxygens (including phenoxy) is 2. The lowest BCUT2D eigenvalue weighted by Crippen LogP contribution is -2.61. The van der Waals surface area contributed by atoms with E-state index in [0.717, 1.165) is 32.1 Å². The fourth-order valence-corrected chi connectivity index (χ4v) is 5.09. The van der Waals surface area contributed by atoms with Crippen LogP contribution in [0.4, 0.5) is 4.79 Å². The maximum atomic E-state index is 12.3. The predicted octanol–water partition coefficient (Wildman–Crippen LogP) is 3.57. The van der Waals surface area contributed by atoms with Crippen LogP contribution in [0.5, 0.6) is 0 Å². The van der Waals surface area contributed by atoms with Crippen molar-refractivity contribution in [3.8, 4) is 0 Å². The molecule has 30 heavy (non-hydrogen) atoms. The van der Waals surface area contributed by atoms with Crippen LogP contribution in [0.2, 0.25) is 0 Å². The molecule has 2 fully saturated rings. The van der Waals surface area contributed by atoms with E-state index >= 15 is 0 Å². The summed E-state index contributed by atoms with van der Waals surface area (Å²) in [6.45, 7) is 1.67. The molecule has 2 aliphatic rings. The van der Waals surface area contributed by atoms with Gasteiger partial charge < -0.3 is 24.7 Å². The molecule has 1 aliphatic carbocycles. The van der Waals surface area contributed by atoms with Gasteiger partial charge in [0.25, 0.3) is 0 Å². The molecule has 0 spiro atoms. The summed E-state index contributed by atoms with van der Waals surface area (Å²) >= 11 is 0.709. The largest absolute Gasteiger partial charge is 0.453 e. The molecule has 1 aromatic rings. The van der Waals surface area contributed by atoms with Crippen molar-refractivity contribution in [3.63, 3.8) is 0 Å². The Labute approximate surface area is 184 Å². The van der Waals surface area contributed by atoms with Gasteiger partial charge in [-0.15, -0.1) is 0 Å². The van der Waals surface area contributed by atoms with Gasteiger partial charge in [-0.2, -0.15) is 0 Å². The van der Waals surface area contributed by atoms with Crippen molar-refractivity contribution in [3.05, 3.63) is 35.9 Å². The summed E-state index contributed by atoms with van der Waals surface area (Å²) in [5.74, 6) is 0.781. The SMILES string of the molecule is COC(=O)N1CCC(CN(C)SO)[C@H](N)[C@@H]1CO[C@H]1CC[C@@H](c2ccccc2)CC1. The summed E-state index contributed by atoms with van der Waals surface area (Å²) < 4.78 is 22.3. The molecule has 0 bridgehead atoms. The zero-order valence-corrected chi connectivity index (χ0v) is 18.8. The Morgan fingerprint density at radius 2 is 1.93 bits per heavy atom. The van der Waals surface area contributed by atoms with E-state index in [1.54, 1.807) is 9.21 Å². The first kappa shape index (κ1) is 23.3. The summed E-state index contributed by atoms with van der Waals surface area (Å²) in [6, 6.07) is 10.2. The number of benzene rings is 1. The summed E-state index contributed by atoms with van der Waals surface area (Å²) in [4.78, 5) is 14.0. The van der Waals surface area contributed by atoms with Crippen LogP contribution in [0.3, 0.4) is 0 Å². The second-order valence-corrected chi connectivity index (χ2v) is 9.25. The van der Waals surface area contributed by atoms with E-state index < -0.39 is 0 Å². The summed E-state index contributed by atoms with van der Waals surface area (Å²) in [7, 11) is 3.24. The second kappa shape index (κ2) is 11.3. The van der Waals surface area contributed by atoms with Crippen LogP contribution in [0.25, 0.3) is 0 Å². The van der Waals surface area contributed by atoms with Crippen molar-refractivity contribution in [2.24, 2.45) is 11.7 Å². The molecule has 1 saturated carbocycles. The van der Waals surface area contributed by atoms with Crippen LogP contribution in [0.15, 0.2) is 30.3 Å². The normalized spacial score (nSPS) is 29.8. The molecule has 3 N–H and O–H groups in total. The molecule has 1 saturated heterocycles. The van der Waals surface area contributed by atoms with E-state index in [4.69, 9.17) is 15.2 Å². The Morgan fingerprint density at radius 1 is 1.23 bits per heavy atom. The van der Waals surface area contributed by atoms with Gasteiger partial charge in [0.05, 0.1) is 38.1 Å². The molecule has 1 amide bonds. The molecule has 3 rings (SSSR count). The number of hydrogen-bond acceptors (Lipinski definition) is 7. The van der Waals surface area contributed by atoms with Crippen LogP contribution < -0.4 is 5.73 Å². The van der Waals surface area contributed by atoms with Crippen molar-refractivity contribution < 1.29 is 18.8 Å². The number of nitrogens with zero attached hydrogens (tertiary/aromatic N) is 2. The number of rotatable bonds is 7. The van der Waals surface area contributed by atoms with E-state index in [-0.39, 0.29) is 30.2 Å². The van der Waals surface area contributed by atoms with Gasteiger partial charge >= 0.3 is 6.09 Å². The van der Waals surface area contributed by atoms with Gasteiger partial charge in [-0.25, -0.2) is 9.10 Å². The third-order valence-electron chi connectivity index (χ3n) is 6.62. The first-order valence-electron chi connectivity index (χ1n) is 10.8. The fraction of sp³-hybridized carbons (Fsp3) is 0.682. The van der Waals surface area contributed by atoms with Gasteiger partial charge in [0.15, 0.2) is 0 Å². The zero-order chi connectivity index (χ0) is 21.5. The monoisotopic (exact) mass is 437 g/mol. The minimum Gasteiger partial charge on any atom is -0.453 e. The Balaban J connectivity index is 1.55. The lowest BCUT2D eigenvalue weighted by atomic mass is 9.82. The predicted molar refractivity (Wildman–Crippen MR) is 119 cm³/mol. The smallest absolute Gasteiger partial charge is 0.409 e. The molecule has 3 atom stereocenters. The highest BCUT2D eigenvalue weighted by Gasteiger charge is 2.39. The Hall–Kier alpha value is -1.32. The average molecular weight is 438 g/mol. The molecular weight excluding hydrogens is 402 g/mol. The number of carbonyl (C=O) groups is 1. The third kappa shape index (κ3) is 5.88. The molecule has 1 aliphatic heterocycles. The van der Waals surface area contributed by atoms with Gasteiger partial charge in [-0.1, -0.05) is 30.3 Å². The average Bonchev–Trinajstić information content (AvgIpc) is 2.79. The molecule has 0 radical (unpaired) electrons. The van der Waals surface area contributed by atoms with Gasteiger partial charge in [-0.3, -0.25) is 0 Å². The Morgan fingerprint density at radius 3 is 2.57 bits per heavy atom. The maximum Gasteiger partial charge on any atom is 0.409 e. The van der Waals surface area contributed by atoms with Crippen molar-refractivity contribution in [1.82, 2.24) is 9.21 Å².